The van der Waals surface area contributed by atoms with E-state index in [2.05, 4.69) is 179 Å². The summed E-state index contributed by atoms with van der Waals surface area (Å²) in [5.74, 6) is 0. The predicted molar refractivity (Wildman–Crippen MR) is 209 cm³/mol. The molecular formula is C45H29N3S. The van der Waals surface area contributed by atoms with Gasteiger partial charge in [0.25, 0.3) is 0 Å². The zero-order chi connectivity index (χ0) is 32.3. The second kappa shape index (κ2) is 11.2. The number of nitrogens with zero attached hydrogens (tertiary/aromatic N) is 3. The molecule has 0 spiro atoms. The molecule has 7 aromatic carbocycles. The van der Waals surface area contributed by atoms with Crippen molar-refractivity contribution in [3.63, 3.8) is 0 Å². The monoisotopic (exact) mass is 643 g/mol. The van der Waals surface area contributed by atoms with Gasteiger partial charge in [0.05, 0.1) is 11.0 Å². The lowest BCUT2D eigenvalue weighted by atomic mass is 9.99. The fourth-order valence-corrected chi connectivity index (χ4v) is 8.49. The van der Waals surface area contributed by atoms with Crippen LogP contribution in [0, 0.1) is 0 Å². The molecule has 0 bridgehead atoms. The van der Waals surface area contributed by atoms with E-state index in [0.717, 1.165) is 27.6 Å². The number of para-hydroxylation sites is 3. The summed E-state index contributed by atoms with van der Waals surface area (Å²) in [5, 5.41) is 7.47. The lowest BCUT2D eigenvalue weighted by molar-refractivity contribution is 1.18. The maximum Gasteiger partial charge on any atom is 0.125 e. The summed E-state index contributed by atoms with van der Waals surface area (Å²) in [6, 6.07) is 61.2. The first kappa shape index (κ1) is 27.8. The van der Waals surface area contributed by atoms with Crippen LogP contribution in [-0.4, -0.2) is 9.55 Å². The quantitative estimate of drug-likeness (QED) is 0.186. The highest BCUT2D eigenvalue weighted by atomic mass is 32.1. The van der Waals surface area contributed by atoms with E-state index in [1.54, 1.807) is 11.3 Å². The van der Waals surface area contributed by atoms with E-state index in [-0.39, 0.29) is 0 Å². The molecule has 230 valence electrons. The minimum absolute atomic E-state index is 1.07. The van der Waals surface area contributed by atoms with E-state index in [9.17, 15) is 0 Å². The number of rotatable bonds is 5. The fraction of sp³-hybridized carbons (Fsp3) is 0. The fourth-order valence-electron chi connectivity index (χ4n) is 7.39. The summed E-state index contributed by atoms with van der Waals surface area (Å²) in [5.41, 5.74) is 9.28. The van der Waals surface area contributed by atoms with Crippen molar-refractivity contribution >= 4 is 81.3 Å². The number of thiophene rings is 1. The smallest absolute Gasteiger partial charge is 0.125 e. The van der Waals surface area contributed by atoms with Crippen molar-refractivity contribution in [2.24, 2.45) is 0 Å². The first-order valence-electron chi connectivity index (χ1n) is 16.5. The van der Waals surface area contributed by atoms with E-state index < -0.39 is 0 Å². The van der Waals surface area contributed by atoms with Crippen LogP contribution in [0.15, 0.2) is 176 Å². The zero-order valence-corrected chi connectivity index (χ0v) is 27.3. The Bertz CT molecular complexity index is 2820. The van der Waals surface area contributed by atoms with Gasteiger partial charge in [-0.2, -0.15) is 0 Å². The van der Waals surface area contributed by atoms with Crippen LogP contribution < -0.4 is 4.90 Å². The summed E-state index contributed by atoms with van der Waals surface area (Å²) in [6.07, 6.45) is 1.94. The number of benzene rings is 7. The number of pyridine rings is 1. The van der Waals surface area contributed by atoms with E-state index in [0.29, 0.717) is 0 Å². The molecule has 0 N–H and O–H groups in total. The lowest BCUT2D eigenvalue weighted by Crippen LogP contribution is -2.09. The first-order valence-corrected chi connectivity index (χ1v) is 17.4. The third kappa shape index (κ3) is 4.53. The number of hydrogen-bond acceptors (Lipinski definition) is 3. The van der Waals surface area contributed by atoms with Crippen molar-refractivity contribution in [3.05, 3.63) is 176 Å². The van der Waals surface area contributed by atoms with Crippen molar-refractivity contribution in [2.75, 3.05) is 4.90 Å². The Morgan fingerprint density at radius 2 is 1.14 bits per heavy atom. The Hall–Kier alpha value is -6.23. The van der Waals surface area contributed by atoms with Crippen molar-refractivity contribution in [3.8, 4) is 16.8 Å². The van der Waals surface area contributed by atoms with Gasteiger partial charge in [-0.25, -0.2) is 4.98 Å². The zero-order valence-electron chi connectivity index (χ0n) is 26.5. The van der Waals surface area contributed by atoms with Crippen molar-refractivity contribution in [1.82, 2.24) is 9.55 Å². The number of hydrogen-bond donors (Lipinski definition) is 0. The third-order valence-electron chi connectivity index (χ3n) is 9.62. The van der Waals surface area contributed by atoms with E-state index in [1.165, 1.54) is 59.2 Å². The van der Waals surface area contributed by atoms with Crippen LogP contribution in [0.2, 0.25) is 0 Å². The van der Waals surface area contributed by atoms with Crippen molar-refractivity contribution in [2.45, 2.75) is 0 Å². The molecule has 0 unspecified atom stereocenters. The molecule has 0 aliphatic rings. The molecule has 4 heteroatoms. The van der Waals surface area contributed by atoms with Crippen LogP contribution in [-0.2, 0) is 0 Å². The molecular weight excluding hydrogens is 615 g/mol. The molecule has 0 amide bonds. The van der Waals surface area contributed by atoms with Gasteiger partial charge < -0.3 is 9.47 Å². The van der Waals surface area contributed by atoms with Gasteiger partial charge in [-0.3, -0.25) is 0 Å². The van der Waals surface area contributed by atoms with E-state index >= 15 is 0 Å². The summed E-state index contributed by atoms with van der Waals surface area (Å²) >= 11 is 1.77. The van der Waals surface area contributed by atoms with Gasteiger partial charge in [0.2, 0.25) is 0 Å². The normalized spacial score (nSPS) is 11.7. The van der Waals surface area contributed by atoms with Gasteiger partial charge in [0.15, 0.2) is 0 Å². The SMILES string of the molecule is c1ccc(N(c2ccc(-c3ccnc4sc5cc6ccccc6cc5c34)cc2)c2ccc3c(c2)c2ccccc2n3-c2ccccc2)cc1. The summed E-state index contributed by atoms with van der Waals surface area (Å²) in [6.45, 7) is 0. The summed E-state index contributed by atoms with van der Waals surface area (Å²) in [7, 11) is 0. The third-order valence-corrected chi connectivity index (χ3v) is 10.7. The summed E-state index contributed by atoms with van der Waals surface area (Å²) in [4.78, 5) is 8.22. The Morgan fingerprint density at radius 3 is 1.96 bits per heavy atom. The largest absolute Gasteiger partial charge is 0.310 e. The molecule has 10 rings (SSSR count). The molecule has 49 heavy (non-hydrogen) atoms. The minimum atomic E-state index is 1.07. The molecule has 0 fully saturated rings. The predicted octanol–water partition coefficient (Wildman–Crippen LogP) is 12.8. The van der Waals surface area contributed by atoms with Crippen molar-refractivity contribution in [1.29, 1.82) is 0 Å². The second-order valence-corrected chi connectivity index (χ2v) is 13.5. The van der Waals surface area contributed by atoms with Crippen LogP contribution in [0.25, 0.3) is 69.7 Å². The molecule has 10 aromatic rings. The molecule has 3 heterocycles. The Kier molecular flexibility index (Phi) is 6.36. The number of fused-ring (bicyclic) bond motifs is 7. The number of anilines is 3. The Balaban J connectivity index is 1.12. The van der Waals surface area contributed by atoms with E-state index in [4.69, 9.17) is 4.98 Å². The van der Waals surface area contributed by atoms with Gasteiger partial charge in [-0.15, -0.1) is 11.3 Å². The molecule has 0 aliphatic heterocycles. The highest BCUT2D eigenvalue weighted by molar-refractivity contribution is 7.25. The second-order valence-electron chi connectivity index (χ2n) is 12.4. The van der Waals surface area contributed by atoms with Crippen LogP contribution in [0.1, 0.15) is 0 Å². The van der Waals surface area contributed by atoms with Crippen LogP contribution in [0.3, 0.4) is 0 Å². The maximum atomic E-state index is 4.80. The van der Waals surface area contributed by atoms with Crippen LogP contribution in [0.5, 0.6) is 0 Å². The molecule has 0 saturated carbocycles. The molecule has 0 saturated heterocycles. The minimum Gasteiger partial charge on any atom is -0.310 e. The standard InChI is InChI=1S/C45H29N3S/c1-3-13-33(14-4-1)47(36-23-24-42-39(29-36)38-17-9-10-18-41(38)48(42)34-15-5-2-6-16-34)35-21-19-30(20-22-35)37-25-26-46-45-44(37)40-27-31-11-7-8-12-32(31)28-43(40)49-45/h1-29H. The molecule has 0 atom stereocenters. The number of aromatic nitrogens is 2. The van der Waals surface area contributed by atoms with Gasteiger partial charge in [-0.05, 0) is 101 Å². The van der Waals surface area contributed by atoms with Crippen LogP contribution in [0.4, 0.5) is 17.1 Å². The first-order chi connectivity index (χ1) is 24.3. The highest BCUT2D eigenvalue weighted by Gasteiger charge is 2.18. The molecule has 3 aromatic heterocycles. The highest BCUT2D eigenvalue weighted by Crippen LogP contribution is 2.43. The van der Waals surface area contributed by atoms with Gasteiger partial charge in [0.1, 0.15) is 4.83 Å². The Labute approximate surface area is 287 Å². The molecule has 3 nitrogen and oxygen atoms in total. The maximum absolute atomic E-state index is 4.80. The molecule has 0 aliphatic carbocycles. The summed E-state index contributed by atoms with van der Waals surface area (Å²) < 4.78 is 3.63. The van der Waals surface area contributed by atoms with Gasteiger partial charge in [-0.1, -0.05) is 91.0 Å². The topological polar surface area (TPSA) is 21.1 Å². The van der Waals surface area contributed by atoms with Crippen LogP contribution >= 0.6 is 11.3 Å². The lowest BCUT2D eigenvalue weighted by Gasteiger charge is -2.26. The van der Waals surface area contributed by atoms with Gasteiger partial charge in [0, 0.05) is 55.2 Å². The van der Waals surface area contributed by atoms with Gasteiger partial charge >= 0.3 is 0 Å². The van der Waals surface area contributed by atoms with E-state index in [1.807, 2.05) is 6.20 Å². The average molecular weight is 644 g/mol. The average Bonchev–Trinajstić information content (AvgIpc) is 3.70. The van der Waals surface area contributed by atoms with Crippen molar-refractivity contribution < 1.29 is 0 Å². The molecule has 0 radical (unpaired) electrons. The Morgan fingerprint density at radius 1 is 0.490 bits per heavy atom.